The lowest BCUT2D eigenvalue weighted by molar-refractivity contribution is 0.539. The predicted molar refractivity (Wildman–Crippen MR) is 97.8 cm³/mol. The van der Waals surface area contributed by atoms with Gasteiger partial charge in [-0.1, -0.05) is 18.2 Å². The summed E-state index contributed by atoms with van der Waals surface area (Å²) < 4.78 is 33.1. The van der Waals surface area contributed by atoms with Gasteiger partial charge in [0.15, 0.2) is 16.6 Å². The Hall–Kier alpha value is -0.186. The van der Waals surface area contributed by atoms with Crippen LogP contribution in [0.15, 0.2) is 35.2 Å². The maximum atomic E-state index is 12.1. The highest BCUT2D eigenvalue weighted by atomic mass is 35.5. The first kappa shape index (κ1) is 19.9. The Balaban J connectivity index is 2.45. The third kappa shape index (κ3) is 6.93. The second-order valence-electron chi connectivity index (χ2n) is 6.57. The van der Waals surface area contributed by atoms with Crippen molar-refractivity contribution in [3.05, 3.63) is 30.3 Å². The molecular formula is C14H26ClNO3SSi2. The largest absolute Gasteiger partial charge is 0.455 e. The van der Waals surface area contributed by atoms with Gasteiger partial charge in [-0.15, -0.1) is 11.6 Å². The van der Waals surface area contributed by atoms with Crippen molar-refractivity contribution in [2.45, 2.75) is 43.5 Å². The molecule has 1 aromatic carbocycles. The van der Waals surface area contributed by atoms with E-state index in [0.717, 1.165) is 12.5 Å². The Labute approximate surface area is 141 Å². The van der Waals surface area contributed by atoms with Crippen molar-refractivity contribution in [3.8, 4) is 0 Å². The molecule has 1 N–H and O–H groups in total. The van der Waals surface area contributed by atoms with Crippen molar-refractivity contribution in [2.24, 2.45) is 0 Å². The van der Waals surface area contributed by atoms with Gasteiger partial charge in [-0.05, 0) is 50.8 Å². The zero-order valence-corrected chi connectivity index (χ0v) is 17.3. The molecule has 0 aromatic heterocycles. The Morgan fingerprint density at radius 1 is 1.09 bits per heavy atom. The van der Waals surface area contributed by atoms with Crippen molar-refractivity contribution in [1.29, 1.82) is 0 Å². The first-order valence-corrected chi connectivity index (χ1v) is 15.6. The molecule has 0 aliphatic rings. The van der Waals surface area contributed by atoms with Gasteiger partial charge in [0.25, 0.3) is 0 Å². The van der Waals surface area contributed by atoms with Crippen LogP contribution in [0.2, 0.25) is 32.2 Å². The summed E-state index contributed by atoms with van der Waals surface area (Å²) in [5.74, 6) is 0. The fourth-order valence-corrected chi connectivity index (χ4v) is 11.5. The molecule has 0 fully saturated rings. The summed E-state index contributed by atoms with van der Waals surface area (Å²) in [4.78, 5) is 0.304. The van der Waals surface area contributed by atoms with Crippen LogP contribution in [0.1, 0.15) is 6.42 Å². The molecule has 1 aromatic rings. The van der Waals surface area contributed by atoms with Crippen molar-refractivity contribution >= 4 is 38.3 Å². The monoisotopic (exact) mass is 379 g/mol. The minimum Gasteiger partial charge on any atom is -0.455 e. The third-order valence-corrected chi connectivity index (χ3v) is 13.2. The van der Waals surface area contributed by atoms with E-state index in [-0.39, 0.29) is 0 Å². The van der Waals surface area contributed by atoms with Gasteiger partial charge in [0.2, 0.25) is 10.0 Å². The molecule has 0 radical (unpaired) electrons. The summed E-state index contributed by atoms with van der Waals surface area (Å²) >= 11 is 5.96. The van der Waals surface area contributed by atoms with Crippen molar-refractivity contribution in [3.63, 3.8) is 0 Å². The summed E-state index contributed by atoms with van der Waals surface area (Å²) in [5.41, 5.74) is 0.587. The number of sulfonamides is 1. The minimum atomic E-state index is -3.41. The highest BCUT2D eigenvalue weighted by Gasteiger charge is 2.32. The van der Waals surface area contributed by atoms with E-state index in [2.05, 4.69) is 30.9 Å². The first-order chi connectivity index (χ1) is 10.1. The smallest absolute Gasteiger partial charge is 0.240 e. The second kappa shape index (κ2) is 8.07. The minimum absolute atomic E-state index is 0.304. The molecule has 0 bridgehead atoms. The van der Waals surface area contributed by atoms with Crippen molar-refractivity contribution in [2.75, 3.05) is 12.0 Å². The van der Waals surface area contributed by atoms with E-state index in [4.69, 9.17) is 15.7 Å². The SMILES string of the molecule is C[Si](C)(CCl)O[Si](C)(C)CCCNS(=O)(=O)c1ccccc1. The van der Waals surface area contributed by atoms with E-state index in [1.807, 2.05) is 0 Å². The second-order valence-corrected chi connectivity index (χ2v) is 17.8. The highest BCUT2D eigenvalue weighted by molar-refractivity contribution is 7.89. The standard InChI is InChI=1S/C14H26ClNO3SSi2/c1-21(2,19-22(3,4)13-15)12-8-11-16-20(17,18)14-9-6-5-7-10-14/h5-7,9-10,16H,8,11-13H2,1-4H3. The molecule has 0 unspecified atom stereocenters. The van der Waals surface area contributed by atoms with Gasteiger partial charge in [0, 0.05) is 12.0 Å². The van der Waals surface area contributed by atoms with E-state index in [9.17, 15) is 8.42 Å². The van der Waals surface area contributed by atoms with Crippen molar-refractivity contribution < 1.29 is 12.5 Å². The van der Waals surface area contributed by atoms with E-state index in [1.165, 1.54) is 0 Å². The summed E-state index contributed by atoms with van der Waals surface area (Å²) in [6.45, 7) is 9.00. The molecule has 0 aliphatic heterocycles. The third-order valence-electron chi connectivity index (χ3n) is 3.18. The molecule has 0 saturated heterocycles. The molecule has 0 spiro atoms. The molecule has 1 rings (SSSR count). The summed E-state index contributed by atoms with van der Waals surface area (Å²) in [6, 6.07) is 9.34. The molecule has 0 heterocycles. The summed E-state index contributed by atoms with van der Waals surface area (Å²) in [6.07, 6.45) is 0.776. The molecule has 4 nitrogen and oxygen atoms in total. The Morgan fingerprint density at radius 2 is 1.68 bits per heavy atom. The molecule has 126 valence electrons. The van der Waals surface area contributed by atoms with Crippen LogP contribution in [0.5, 0.6) is 0 Å². The van der Waals surface area contributed by atoms with Crippen LogP contribution in [-0.2, 0) is 14.1 Å². The topological polar surface area (TPSA) is 55.4 Å². The van der Waals surface area contributed by atoms with Crippen molar-refractivity contribution in [1.82, 2.24) is 4.72 Å². The summed E-state index contributed by atoms with van der Waals surface area (Å²) in [7, 11) is -6.97. The van der Waals surface area contributed by atoms with Crippen LogP contribution in [-0.4, -0.2) is 37.1 Å². The van der Waals surface area contributed by atoms with E-state index in [1.54, 1.807) is 30.3 Å². The Kier molecular flexibility index (Phi) is 7.29. The van der Waals surface area contributed by atoms with Gasteiger partial charge in [-0.2, -0.15) is 0 Å². The number of rotatable bonds is 9. The molecule has 0 saturated carbocycles. The van der Waals surface area contributed by atoms with Crippen LogP contribution < -0.4 is 4.72 Å². The lowest BCUT2D eigenvalue weighted by atomic mass is 10.4. The lowest BCUT2D eigenvalue weighted by Crippen LogP contribution is -2.46. The Morgan fingerprint density at radius 3 is 2.23 bits per heavy atom. The van der Waals surface area contributed by atoms with Crippen LogP contribution in [0.4, 0.5) is 0 Å². The number of halogens is 1. The molecule has 0 amide bonds. The zero-order chi connectivity index (χ0) is 16.9. The lowest BCUT2D eigenvalue weighted by Gasteiger charge is -2.32. The zero-order valence-electron chi connectivity index (χ0n) is 13.7. The number of nitrogens with one attached hydrogen (secondary N) is 1. The normalized spacial score (nSPS) is 13.3. The van der Waals surface area contributed by atoms with Crippen LogP contribution >= 0.6 is 11.6 Å². The predicted octanol–water partition coefficient (Wildman–Crippen LogP) is 3.56. The average molecular weight is 380 g/mol. The van der Waals surface area contributed by atoms with E-state index in [0.29, 0.717) is 16.9 Å². The first-order valence-electron chi connectivity index (χ1n) is 7.39. The maximum Gasteiger partial charge on any atom is 0.240 e. The summed E-state index contributed by atoms with van der Waals surface area (Å²) in [5, 5.41) is 0. The van der Waals surface area contributed by atoms with E-state index >= 15 is 0 Å². The highest BCUT2D eigenvalue weighted by Crippen LogP contribution is 2.20. The fraction of sp³-hybridized carbons (Fsp3) is 0.571. The average Bonchev–Trinajstić information content (AvgIpc) is 2.44. The fourth-order valence-electron chi connectivity index (χ4n) is 2.23. The molecular weight excluding hydrogens is 354 g/mol. The Bertz CT molecular complexity index is 565. The molecule has 22 heavy (non-hydrogen) atoms. The number of hydrogen-bond donors (Lipinski definition) is 1. The van der Waals surface area contributed by atoms with Gasteiger partial charge in [-0.25, -0.2) is 13.1 Å². The molecule has 8 heteroatoms. The maximum absolute atomic E-state index is 12.1. The van der Waals surface area contributed by atoms with Gasteiger partial charge in [0.05, 0.1) is 4.90 Å². The quantitative estimate of drug-likeness (QED) is 0.405. The number of benzene rings is 1. The van der Waals surface area contributed by atoms with Crippen LogP contribution in [0.25, 0.3) is 0 Å². The molecule has 0 atom stereocenters. The molecule has 0 aliphatic carbocycles. The van der Waals surface area contributed by atoms with Gasteiger partial charge < -0.3 is 4.12 Å². The number of hydrogen-bond acceptors (Lipinski definition) is 3. The van der Waals surface area contributed by atoms with Gasteiger partial charge >= 0.3 is 0 Å². The van der Waals surface area contributed by atoms with Gasteiger partial charge in [-0.3, -0.25) is 0 Å². The van der Waals surface area contributed by atoms with Gasteiger partial charge in [0.1, 0.15) is 0 Å². The number of alkyl halides is 1. The van der Waals surface area contributed by atoms with Crippen LogP contribution in [0.3, 0.4) is 0 Å². The van der Waals surface area contributed by atoms with E-state index < -0.39 is 26.7 Å². The van der Waals surface area contributed by atoms with Crippen LogP contribution in [0, 0.1) is 0 Å².